The summed E-state index contributed by atoms with van der Waals surface area (Å²) in [6.45, 7) is 5.07. The van der Waals surface area contributed by atoms with E-state index >= 15 is 8.78 Å². The Bertz CT molecular complexity index is 1650. The molecule has 2 aromatic heterocycles. The summed E-state index contributed by atoms with van der Waals surface area (Å²) >= 11 is 0. The first-order chi connectivity index (χ1) is 21.4. The van der Waals surface area contributed by atoms with Crippen molar-refractivity contribution in [3.8, 4) is 17.2 Å². The van der Waals surface area contributed by atoms with Crippen molar-refractivity contribution >= 4 is 29.4 Å². The van der Waals surface area contributed by atoms with Crippen molar-refractivity contribution in [2.24, 2.45) is 5.92 Å². The molecule has 0 unspecified atom stereocenters. The summed E-state index contributed by atoms with van der Waals surface area (Å²) in [7, 11) is 0. The maximum absolute atomic E-state index is 15.9. The standard InChI is InChI=1S/C32H38F2N8O2.ClH/c33-32(34)20-39(14-10-22-11-16-40(17-12-22)24-18-36-19-24)15-13-27(32)42-30-28(29(35)37-21-38-30)41(31(42)43)23-6-8-26(9-7-23)44-25-4-2-1-3-5-25;/h1-9,21-22,24,27,36H,10-20H2,(H2,35,37,38);1H/t27-;/m0./s1. The number of para-hydroxylation sites is 1. The normalized spacial score (nSPS) is 21.3. The summed E-state index contributed by atoms with van der Waals surface area (Å²) in [5.74, 6) is -1.27. The van der Waals surface area contributed by atoms with Crippen LogP contribution in [0, 0.1) is 5.92 Å². The average molecular weight is 641 g/mol. The zero-order chi connectivity index (χ0) is 30.3. The van der Waals surface area contributed by atoms with Gasteiger partial charge in [0.2, 0.25) is 0 Å². The van der Waals surface area contributed by atoms with E-state index in [0.717, 1.165) is 50.0 Å². The molecule has 0 spiro atoms. The molecule has 1 atom stereocenters. The number of halogens is 3. The first kappa shape index (κ1) is 31.4. The summed E-state index contributed by atoms with van der Waals surface area (Å²) < 4.78 is 40.2. The molecule has 3 aliphatic heterocycles. The summed E-state index contributed by atoms with van der Waals surface area (Å²) in [5, 5.41) is 3.34. The third-order valence-corrected chi connectivity index (χ3v) is 9.49. The molecule has 0 amide bonds. The molecule has 240 valence electrons. The lowest BCUT2D eigenvalue weighted by molar-refractivity contribution is -0.104. The number of ether oxygens (including phenoxy) is 1. The van der Waals surface area contributed by atoms with Crippen LogP contribution in [0.4, 0.5) is 14.6 Å². The fourth-order valence-electron chi connectivity index (χ4n) is 6.89. The number of hydrogen-bond donors (Lipinski definition) is 2. The molecule has 4 aromatic rings. The number of fused-ring (bicyclic) bond motifs is 1. The molecule has 7 rings (SSSR count). The van der Waals surface area contributed by atoms with E-state index in [1.807, 2.05) is 35.2 Å². The molecule has 2 aromatic carbocycles. The number of nitrogen functional groups attached to an aromatic ring is 1. The van der Waals surface area contributed by atoms with Gasteiger partial charge in [0, 0.05) is 25.7 Å². The number of benzene rings is 2. The first-order valence-electron chi connectivity index (χ1n) is 15.5. The van der Waals surface area contributed by atoms with Crippen LogP contribution in [-0.2, 0) is 0 Å². The van der Waals surface area contributed by atoms with E-state index in [1.165, 1.54) is 10.9 Å². The number of nitrogens with zero attached hydrogens (tertiary/aromatic N) is 6. The predicted octanol–water partition coefficient (Wildman–Crippen LogP) is 4.33. The van der Waals surface area contributed by atoms with Crippen LogP contribution >= 0.6 is 12.4 Å². The summed E-state index contributed by atoms with van der Waals surface area (Å²) in [6.07, 6.45) is 4.52. The molecule has 10 nitrogen and oxygen atoms in total. The lowest BCUT2D eigenvalue weighted by Crippen LogP contribution is -2.58. The molecule has 3 saturated heterocycles. The number of likely N-dealkylation sites (tertiary alicyclic amines) is 2. The lowest BCUT2D eigenvalue weighted by atomic mass is 9.91. The highest BCUT2D eigenvalue weighted by molar-refractivity contribution is 5.85. The number of aromatic nitrogens is 4. The third kappa shape index (κ3) is 6.29. The van der Waals surface area contributed by atoms with Gasteiger partial charge in [-0.1, -0.05) is 18.2 Å². The van der Waals surface area contributed by atoms with Crippen molar-refractivity contribution in [1.29, 1.82) is 0 Å². The van der Waals surface area contributed by atoms with Gasteiger partial charge in [0.15, 0.2) is 11.5 Å². The minimum absolute atomic E-state index is 0. The SMILES string of the molecule is Cl.Nc1ncnc2c1n(-c1ccc(Oc3ccccc3)cc1)c(=O)n2[C@H]1CCN(CCC2CCN(C3CNC3)CC2)CC1(F)F. The number of rotatable bonds is 8. The number of nitrogens with one attached hydrogen (secondary N) is 1. The fourth-order valence-corrected chi connectivity index (χ4v) is 6.89. The molecular formula is C32H39ClF2N8O2. The number of anilines is 1. The maximum Gasteiger partial charge on any atom is 0.335 e. The molecule has 0 saturated carbocycles. The van der Waals surface area contributed by atoms with E-state index in [2.05, 4.69) is 20.2 Å². The van der Waals surface area contributed by atoms with Gasteiger partial charge in [-0.15, -0.1) is 12.4 Å². The van der Waals surface area contributed by atoms with Gasteiger partial charge in [0.05, 0.1) is 12.2 Å². The Kier molecular flexibility index (Phi) is 9.10. The van der Waals surface area contributed by atoms with Crippen molar-refractivity contribution in [1.82, 2.24) is 34.2 Å². The minimum Gasteiger partial charge on any atom is -0.457 e. The molecule has 45 heavy (non-hydrogen) atoms. The van der Waals surface area contributed by atoms with Gasteiger partial charge in [-0.05, 0) is 87.6 Å². The molecule has 3 fully saturated rings. The van der Waals surface area contributed by atoms with Crippen molar-refractivity contribution in [3.63, 3.8) is 0 Å². The smallest absolute Gasteiger partial charge is 0.335 e. The summed E-state index contributed by atoms with van der Waals surface area (Å²) in [4.78, 5) is 26.7. The fraction of sp³-hybridized carbons (Fsp3) is 0.469. The van der Waals surface area contributed by atoms with Gasteiger partial charge in [-0.3, -0.25) is 18.9 Å². The van der Waals surface area contributed by atoms with E-state index in [9.17, 15) is 4.79 Å². The second kappa shape index (κ2) is 13.0. The van der Waals surface area contributed by atoms with Crippen LogP contribution < -0.4 is 21.5 Å². The van der Waals surface area contributed by atoms with Crippen LogP contribution in [0.5, 0.6) is 11.5 Å². The van der Waals surface area contributed by atoms with E-state index < -0.39 is 24.2 Å². The van der Waals surface area contributed by atoms with Gasteiger partial charge >= 0.3 is 5.69 Å². The largest absolute Gasteiger partial charge is 0.457 e. The highest BCUT2D eigenvalue weighted by atomic mass is 35.5. The van der Waals surface area contributed by atoms with Crippen LogP contribution in [0.2, 0.25) is 0 Å². The highest BCUT2D eigenvalue weighted by Gasteiger charge is 2.47. The Hall–Kier alpha value is -3.58. The molecule has 5 heterocycles. The molecule has 0 aliphatic carbocycles. The molecular weight excluding hydrogens is 602 g/mol. The lowest BCUT2D eigenvalue weighted by Gasteiger charge is -2.43. The number of nitrogens with two attached hydrogens (primary N) is 1. The van der Waals surface area contributed by atoms with Crippen molar-refractivity contribution in [3.05, 3.63) is 71.4 Å². The van der Waals surface area contributed by atoms with Gasteiger partial charge < -0.3 is 15.8 Å². The number of hydrogen-bond acceptors (Lipinski definition) is 8. The topological polar surface area (TPSA) is 106 Å². The van der Waals surface area contributed by atoms with E-state index in [4.69, 9.17) is 10.5 Å². The molecule has 0 radical (unpaired) electrons. The maximum atomic E-state index is 15.9. The van der Waals surface area contributed by atoms with Crippen LogP contribution in [0.25, 0.3) is 16.9 Å². The predicted molar refractivity (Wildman–Crippen MR) is 172 cm³/mol. The second-order valence-corrected chi connectivity index (χ2v) is 12.2. The minimum atomic E-state index is -3.13. The first-order valence-corrected chi connectivity index (χ1v) is 15.5. The quantitative estimate of drug-likeness (QED) is 0.293. The van der Waals surface area contributed by atoms with Crippen LogP contribution in [-0.4, -0.2) is 86.7 Å². The zero-order valence-electron chi connectivity index (χ0n) is 25.0. The number of imidazole rings is 1. The Morgan fingerprint density at radius 2 is 1.67 bits per heavy atom. The van der Waals surface area contributed by atoms with Crippen molar-refractivity contribution in [2.45, 2.75) is 43.7 Å². The Labute approximate surface area is 266 Å². The van der Waals surface area contributed by atoms with Crippen LogP contribution in [0.1, 0.15) is 31.7 Å². The monoisotopic (exact) mass is 640 g/mol. The number of piperidine rings is 2. The van der Waals surface area contributed by atoms with Crippen LogP contribution in [0.15, 0.2) is 65.7 Å². The van der Waals surface area contributed by atoms with Crippen molar-refractivity contribution < 1.29 is 13.5 Å². The second-order valence-electron chi connectivity index (χ2n) is 12.2. The summed E-state index contributed by atoms with van der Waals surface area (Å²) in [6, 6.07) is 15.5. The van der Waals surface area contributed by atoms with Gasteiger partial charge in [0.25, 0.3) is 5.92 Å². The Balaban J connectivity index is 0.00000357. The van der Waals surface area contributed by atoms with E-state index in [0.29, 0.717) is 42.2 Å². The molecule has 0 bridgehead atoms. The van der Waals surface area contributed by atoms with E-state index in [1.54, 1.807) is 24.3 Å². The molecule has 3 aliphatic rings. The van der Waals surface area contributed by atoms with Gasteiger partial charge in [-0.2, -0.15) is 0 Å². The van der Waals surface area contributed by atoms with Gasteiger partial charge in [-0.25, -0.2) is 23.5 Å². The highest BCUT2D eigenvalue weighted by Crippen LogP contribution is 2.38. The molecule has 13 heteroatoms. The van der Waals surface area contributed by atoms with Crippen molar-refractivity contribution in [2.75, 3.05) is 51.5 Å². The number of alkyl halides is 2. The average Bonchev–Trinajstić information content (AvgIpc) is 3.29. The Morgan fingerprint density at radius 1 is 0.956 bits per heavy atom. The third-order valence-electron chi connectivity index (χ3n) is 9.49. The van der Waals surface area contributed by atoms with Gasteiger partial charge in [0.1, 0.15) is 29.4 Å². The molecule has 3 N–H and O–H groups in total. The van der Waals surface area contributed by atoms with E-state index in [-0.39, 0.29) is 35.8 Å². The zero-order valence-corrected chi connectivity index (χ0v) is 25.8. The Morgan fingerprint density at radius 3 is 2.33 bits per heavy atom. The van der Waals surface area contributed by atoms with Crippen LogP contribution in [0.3, 0.4) is 0 Å². The summed E-state index contributed by atoms with van der Waals surface area (Å²) in [5.41, 5.74) is 6.40.